The quantitative estimate of drug-likeness (QED) is 0.808. The molecule has 8 heteroatoms. The van der Waals surface area contributed by atoms with Crippen LogP contribution in [0.4, 0.5) is 5.95 Å². The van der Waals surface area contributed by atoms with E-state index in [0.29, 0.717) is 24.3 Å². The van der Waals surface area contributed by atoms with Gasteiger partial charge in [0.05, 0.1) is 12.6 Å². The van der Waals surface area contributed by atoms with Gasteiger partial charge in [-0.25, -0.2) is 4.98 Å². The molecule has 0 aliphatic heterocycles. The molecule has 2 aromatic rings. The van der Waals surface area contributed by atoms with Gasteiger partial charge in [-0.2, -0.15) is 10.2 Å². The number of aromatic nitrogens is 6. The van der Waals surface area contributed by atoms with Gasteiger partial charge in [0.2, 0.25) is 11.8 Å². The molecule has 0 spiro atoms. The summed E-state index contributed by atoms with van der Waals surface area (Å²) in [6, 6.07) is 1.67. The van der Waals surface area contributed by atoms with Gasteiger partial charge < -0.3 is 10.1 Å². The zero-order chi connectivity index (χ0) is 13.7. The fourth-order valence-electron chi connectivity index (χ4n) is 1.50. The van der Waals surface area contributed by atoms with Crippen LogP contribution in [0.1, 0.15) is 37.8 Å². The molecule has 8 nitrogen and oxygen atoms in total. The molecule has 0 aliphatic carbocycles. The number of tetrazole rings is 1. The molecule has 1 atom stereocenters. The van der Waals surface area contributed by atoms with Crippen LogP contribution in [0.3, 0.4) is 0 Å². The molecule has 19 heavy (non-hydrogen) atoms. The lowest BCUT2D eigenvalue weighted by molar-refractivity contribution is 0.305. The van der Waals surface area contributed by atoms with Crippen molar-refractivity contribution in [3.05, 3.63) is 17.6 Å². The van der Waals surface area contributed by atoms with Crippen molar-refractivity contribution in [2.24, 2.45) is 0 Å². The van der Waals surface area contributed by atoms with Crippen LogP contribution in [-0.2, 0) is 0 Å². The SMILES string of the molecule is CCCOc1cc(C)nc(NC(C)c2nn[nH]n2)n1. The molecule has 0 saturated heterocycles. The van der Waals surface area contributed by atoms with Crippen molar-refractivity contribution < 1.29 is 4.74 Å². The molecule has 0 aliphatic rings. The smallest absolute Gasteiger partial charge is 0.226 e. The minimum absolute atomic E-state index is 0.139. The maximum atomic E-state index is 5.51. The molecule has 0 fully saturated rings. The van der Waals surface area contributed by atoms with Crippen LogP contribution < -0.4 is 10.1 Å². The van der Waals surface area contributed by atoms with Crippen molar-refractivity contribution in [2.45, 2.75) is 33.2 Å². The van der Waals surface area contributed by atoms with Crippen molar-refractivity contribution in [2.75, 3.05) is 11.9 Å². The van der Waals surface area contributed by atoms with Gasteiger partial charge in [-0.3, -0.25) is 0 Å². The summed E-state index contributed by atoms with van der Waals surface area (Å²) >= 11 is 0. The number of hydrogen-bond donors (Lipinski definition) is 2. The number of anilines is 1. The number of ether oxygens (including phenoxy) is 1. The first kappa shape index (κ1) is 13.2. The van der Waals surface area contributed by atoms with Crippen molar-refractivity contribution in [1.82, 2.24) is 30.6 Å². The Morgan fingerprint density at radius 3 is 2.95 bits per heavy atom. The van der Waals surface area contributed by atoms with E-state index in [0.717, 1.165) is 12.1 Å². The third-order valence-electron chi connectivity index (χ3n) is 2.38. The van der Waals surface area contributed by atoms with E-state index >= 15 is 0 Å². The van der Waals surface area contributed by atoms with Crippen molar-refractivity contribution in [3.63, 3.8) is 0 Å². The second-order valence-corrected chi connectivity index (χ2v) is 4.16. The van der Waals surface area contributed by atoms with Crippen molar-refractivity contribution in [3.8, 4) is 5.88 Å². The predicted molar refractivity (Wildman–Crippen MR) is 68.8 cm³/mol. The van der Waals surface area contributed by atoms with Crippen molar-refractivity contribution in [1.29, 1.82) is 0 Å². The van der Waals surface area contributed by atoms with E-state index in [1.54, 1.807) is 6.07 Å². The molecule has 0 aromatic carbocycles. The summed E-state index contributed by atoms with van der Waals surface area (Å²) in [5, 5.41) is 16.9. The lowest BCUT2D eigenvalue weighted by Gasteiger charge is -2.11. The molecule has 0 radical (unpaired) electrons. The molecule has 2 heterocycles. The van der Waals surface area contributed by atoms with Crippen LogP contribution in [0.15, 0.2) is 6.07 Å². The first-order chi connectivity index (χ1) is 9.19. The summed E-state index contributed by atoms with van der Waals surface area (Å²) in [6.07, 6.45) is 0.936. The van der Waals surface area contributed by atoms with E-state index in [4.69, 9.17) is 4.74 Å². The van der Waals surface area contributed by atoms with Crippen molar-refractivity contribution >= 4 is 5.95 Å². The number of H-pyrrole nitrogens is 1. The Kier molecular flexibility index (Phi) is 4.22. The molecular formula is C11H17N7O. The zero-order valence-corrected chi connectivity index (χ0v) is 11.2. The first-order valence-corrected chi connectivity index (χ1v) is 6.17. The van der Waals surface area contributed by atoms with Gasteiger partial charge in [-0.05, 0) is 20.3 Å². The standard InChI is InChI=1S/C11H17N7O/c1-4-5-19-9-6-7(2)12-11(14-9)13-8(3)10-15-17-18-16-10/h6,8H,4-5H2,1-3H3,(H,12,13,14)(H,15,16,17,18). The number of nitrogens with zero attached hydrogens (tertiary/aromatic N) is 5. The highest BCUT2D eigenvalue weighted by atomic mass is 16.5. The van der Waals surface area contributed by atoms with E-state index in [9.17, 15) is 0 Å². The summed E-state index contributed by atoms with van der Waals surface area (Å²) in [5.41, 5.74) is 0.837. The molecule has 2 rings (SSSR count). The van der Waals surface area contributed by atoms with Crippen LogP contribution in [0.2, 0.25) is 0 Å². The lowest BCUT2D eigenvalue weighted by Crippen LogP contribution is -2.12. The summed E-state index contributed by atoms with van der Waals surface area (Å²) in [4.78, 5) is 8.59. The Bertz CT molecular complexity index is 514. The first-order valence-electron chi connectivity index (χ1n) is 6.17. The second-order valence-electron chi connectivity index (χ2n) is 4.16. The summed E-state index contributed by atoms with van der Waals surface area (Å²) < 4.78 is 5.51. The third kappa shape index (κ3) is 3.60. The van der Waals surface area contributed by atoms with Gasteiger partial charge in [-0.1, -0.05) is 12.1 Å². The highest BCUT2D eigenvalue weighted by molar-refractivity contribution is 5.32. The molecule has 0 amide bonds. The van der Waals surface area contributed by atoms with E-state index in [2.05, 4.69) is 35.9 Å². The Morgan fingerprint density at radius 1 is 1.42 bits per heavy atom. The number of aryl methyl sites for hydroxylation is 1. The van der Waals surface area contributed by atoms with Gasteiger partial charge in [0.25, 0.3) is 0 Å². The zero-order valence-electron chi connectivity index (χ0n) is 11.2. The average Bonchev–Trinajstić information content (AvgIpc) is 2.89. The molecule has 2 N–H and O–H groups in total. The third-order valence-corrected chi connectivity index (χ3v) is 2.38. The maximum Gasteiger partial charge on any atom is 0.226 e. The maximum absolute atomic E-state index is 5.51. The van der Waals surface area contributed by atoms with E-state index in [-0.39, 0.29) is 6.04 Å². The summed E-state index contributed by atoms with van der Waals surface area (Å²) in [6.45, 7) is 6.48. The van der Waals surface area contributed by atoms with Crippen LogP contribution in [0, 0.1) is 6.92 Å². The van der Waals surface area contributed by atoms with Gasteiger partial charge in [-0.15, -0.1) is 10.2 Å². The Balaban J connectivity index is 2.09. The van der Waals surface area contributed by atoms with E-state index in [1.165, 1.54) is 0 Å². The average molecular weight is 263 g/mol. The second kappa shape index (κ2) is 6.07. The Hall–Kier alpha value is -2.25. The fraction of sp³-hybridized carbons (Fsp3) is 0.545. The van der Waals surface area contributed by atoms with Gasteiger partial charge in [0, 0.05) is 11.8 Å². The topological polar surface area (TPSA) is 102 Å². The van der Waals surface area contributed by atoms with Crippen LogP contribution in [0.5, 0.6) is 5.88 Å². The highest BCUT2D eigenvalue weighted by Crippen LogP contribution is 2.16. The highest BCUT2D eigenvalue weighted by Gasteiger charge is 2.12. The minimum atomic E-state index is -0.139. The van der Waals surface area contributed by atoms with Gasteiger partial charge in [0.1, 0.15) is 0 Å². The predicted octanol–water partition coefficient (Wildman–Crippen LogP) is 1.26. The lowest BCUT2D eigenvalue weighted by atomic mass is 10.3. The summed E-state index contributed by atoms with van der Waals surface area (Å²) in [7, 11) is 0. The molecule has 0 bridgehead atoms. The largest absolute Gasteiger partial charge is 0.478 e. The molecule has 102 valence electrons. The molecular weight excluding hydrogens is 246 g/mol. The molecule has 2 aromatic heterocycles. The van der Waals surface area contributed by atoms with Crippen LogP contribution >= 0.6 is 0 Å². The fourth-order valence-corrected chi connectivity index (χ4v) is 1.50. The Labute approximate surface area is 111 Å². The van der Waals surface area contributed by atoms with Crippen LogP contribution in [0.25, 0.3) is 0 Å². The number of nitrogens with one attached hydrogen (secondary N) is 2. The Morgan fingerprint density at radius 2 is 2.26 bits per heavy atom. The molecule has 1 unspecified atom stereocenters. The summed E-state index contributed by atoms with van der Waals surface area (Å²) in [5.74, 6) is 1.61. The molecule has 0 saturated carbocycles. The normalized spacial score (nSPS) is 12.2. The number of hydrogen-bond acceptors (Lipinski definition) is 7. The van der Waals surface area contributed by atoms with Gasteiger partial charge >= 0.3 is 0 Å². The number of rotatable bonds is 6. The van der Waals surface area contributed by atoms with Crippen LogP contribution in [-0.4, -0.2) is 37.2 Å². The minimum Gasteiger partial charge on any atom is -0.478 e. The van der Waals surface area contributed by atoms with E-state index in [1.807, 2.05) is 20.8 Å². The van der Waals surface area contributed by atoms with E-state index < -0.39 is 0 Å². The monoisotopic (exact) mass is 263 g/mol. The van der Waals surface area contributed by atoms with Gasteiger partial charge in [0.15, 0.2) is 5.82 Å². The number of aromatic amines is 1.